The van der Waals surface area contributed by atoms with E-state index in [1.807, 2.05) is 13.3 Å². The maximum atomic E-state index is 11.2. The molecule has 0 aromatic carbocycles. The molecule has 0 aliphatic heterocycles. The molecule has 0 aliphatic carbocycles. The van der Waals surface area contributed by atoms with Gasteiger partial charge in [-0.25, -0.2) is 14.4 Å². The molecule has 0 amide bonds. The number of carboxylic acid groups (broad SMARTS) is 3. The first-order chi connectivity index (χ1) is 12.5. The minimum Gasteiger partial charge on any atom is -0.478 e. The zero-order valence-electron chi connectivity index (χ0n) is 16.6. The second kappa shape index (κ2) is 12.1. The number of unbranched alkanes of at least 4 members (excludes halogenated alkanes) is 2. The van der Waals surface area contributed by atoms with Crippen LogP contribution in [0.2, 0.25) is 0 Å². The van der Waals surface area contributed by atoms with E-state index < -0.39 is 23.3 Å². The van der Waals surface area contributed by atoms with E-state index in [1.54, 1.807) is 32.1 Å². The van der Waals surface area contributed by atoms with Gasteiger partial charge in [0.05, 0.1) is 0 Å². The second-order valence-corrected chi connectivity index (χ2v) is 6.82. The van der Waals surface area contributed by atoms with E-state index in [0.717, 1.165) is 12.8 Å². The van der Waals surface area contributed by atoms with Crippen LogP contribution in [0.5, 0.6) is 0 Å². The van der Waals surface area contributed by atoms with E-state index in [-0.39, 0.29) is 11.1 Å². The summed E-state index contributed by atoms with van der Waals surface area (Å²) in [6.45, 7) is 6.53. The molecule has 0 heterocycles. The highest BCUT2D eigenvalue weighted by Gasteiger charge is 2.26. The van der Waals surface area contributed by atoms with Crippen LogP contribution in [0.3, 0.4) is 0 Å². The lowest BCUT2D eigenvalue weighted by molar-refractivity contribution is -0.133. The molecule has 3 N–H and O–H groups in total. The number of allylic oxidation sites excluding steroid dienone is 3. The van der Waals surface area contributed by atoms with Gasteiger partial charge in [-0.2, -0.15) is 0 Å². The number of carboxylic acids is 3. The lowest BCUT2D eigenvalue weighted by Gasteiger charge is -2.30. The van der Waals surface area contributed by atoms with Crippen LogP contribution < -0.4 is 0 Å². The highest BCUT2D eigenvalue weighted by Crippen LogP contribution is 2.37. The Bertz CT molecular complexity index is 627. The minimum atomic E-state index is -0.974. The smallest absolute Gasteiger partial charge is 0.330 e. The van der Waals surface area contributed by atoms with E-state index in [0.29, 0.717) is 31.3 Å². The Labute approximate surface area is 161 Å². The summed E-state index contributed by atoms with van der Waals surface area (Å²) in [6.07, 6.45) is 11.2. The zero-order valence-corrected chi connectivity index (χ0v) is 16.6. The number of rotatable bonds is 13. The minimum absolute atomic E-state index is 0.258. The van der Waals surface area contributed by atoms with Gasteiger partial charge < -0.3 is 15.3 Å². The molecule has 0 bridgehead atoms. The molecule has 1 unspecified atom stereocenters. The van der Waals surface area contributed by atoms with Crippen LogP contribution in [0, 0.1) is 11.8 Å². The number of hydrogen-bond acceptors (Lipinski definition) is 3. The van der Waals surface area contributed by atoms with Gasteiger partial charge in [0.15, 0.2) is 0 Å². The maximum absolute atomic E-state index is 11.2. The highest BCUT2D eigenvalue weighted by molar-refractivity contribution is 5.86. The summed E-state index contributed by atoms with van der Waals surface area (Å²) in [4.78, 5) is 33.0. The first-order valence-electron chi connectivity index (χ1n) is 9.08. The predicted octanol–water partition coefficient (Wildman–Crippen LogP) is 4.63. The van der Waals surface area contributed by atoms with Gasteiger partial charge >= 0.3 is 17.9 Å². The topological polar surface area (TPSA) is 112 Å². The van der Waals surface area contributed by atoms with E-state index >= 15 is 0 Å². The molecule has 1 atom stereocenters. The van der Waals surface area contributed by atoms with Crippen molar-refractivity contribution in [1.29, 1.82) is 0 Å². The molecule has 6 heteroatoms. The van der Waals surface area contributed by atoms with Crippen molar-refractivity contribution in [3.8, 4) is 0 Å². The molecule has 0 saturated carbocycles. The third-order valence-corrected chi connectivity index (χ3v) is 4.70. The van der Waals surface area contributed by atoms with Crippen LogP contribution in [0.4, 0.5) is 0 Å². The molecule has 0 spiro atoms. The van der Waals surface area contributed by atoms with Crippen molar-refractivity contribution >= 4 is 17.9 Å². The van der Waals surface area contributed by atoms with E-state index in [4.69, 9.17) is 10.2 Å². The summed E-state index contributed by atoms with van der Waals surface area (Å²) in [5.41, 5.74) is 0.407. The third-order valence-electron chi connectivity index (χ3n) is 4.70. The predicted molar refractivity (Wildman–Crippen MR) is 104 cm³/mol. The summed E-state index contributed by atoms with van der Waals surface area (Å²) >= 11 is 0. The van der Waals surface area contributed by atoms with Gasteiger partial charge in [0, 0.05) is 16.7 Å². The van der Waals surface area contributed by atoms with Crippen LogP contribution in [0.25, 0.3) is 0 Å². The van der Waals surface area contributed by atoms with Crippen LogP contribution in [0.1, 0.15) is 66.2 Å². The Balaban J connectivity index is 5.11. The van der Waals surface area contributed by atoms with Gasteiger partial charge in [-0.15, -0.1) is 0 Å². The standard InChI is InChI=1S/C21H31O6/c1-5-21(14-17(4)20(26)27,13-9-11-16(3)19(24)25)12-8-6-7-10-15(2)18(22)23/h5,10-11,14H,6-9,12-13H2,1-4H3,(H,22,23)(H,24,25)(H,26,27). The summed E-state index contributed by atoms with van der Waals surface area (Å²) < 4.78 is 0. The first kappa shape index (κ1) is 24.6. The molecule has 0 fully saturated rings. The highest BCUT2D eigenvalue weighted by atomic mass is 16.4. The fourth-order valence-corrected chi connectivity index (χ4v) is 2.78. The van der Waals surface area contributed by atoms with Crippen molar-refractivity contribution in [3.63, 3.8) is 0 Å². The molecular weight excluding hydrogens is 348 g/mol. The summed E-state index contributed by atoms with van der Waals surface area (Å²) in [7, 11) is 0. The van der Waals surface area contributed by atoms with Gasteiger partial charge in [0.2, 0.25) is 0 Å². The van der Waals surface area contributed by atoms with E-state index in [2.05, 4.69) is 0 Å². The van der Waals surface area contributed by atoms with Crippen molar-refractivity contribution in [2.45, 2.75) is 66.2 Å². The first-order valence-corrected chi connectivity index (χ1v) is 9.08. The fourth-order valence-electron chi connectivity index (χ4n) is 2.78. The molecule has 0 aromatic rings. The number of aliphatic carboxylic acids is 3. The Morgan fingerprint density at radius 1 is 0.741 bits per heavy atom. The second-order valence-electron chi connectivity index (χ2n) is 6.82. The van der Waals surface area contributed by atoms with Crippen molar-refractivity contribution in [2.24, 2.45) is 5.41 Å². The van der Waals surface area contributed by atoms with Gasteiger partial charge in [0.25, 0.3) is 0 Å². The normalized spacial score (nSPS) is 15.3. The monoisotopic (exact) mass is 379 g/mol. The average Bonchev–Trinajstić information content (AvgIpc) is 2.60. The van der Waals surface area contributed by atoms with Crippen LogP contribution in [-0.2, 0) is 14.4 Å². The Kier molecular flexibility index (Phi) is 11.0. The SMILES string of the molecule is C[CH]C(C=C(C)C(=O)O)(CCC=C(C)C(=O)O)CCCCC=C(C)C(=O)O. The molecule has 27 heavy (non-hydrogen) atoms. The van der Waals surface area contributed by atoms with Gasteiger partial charge in [0.1, 0.15) is 0 Å². The summed E-state index contributed by atoms with van der Waals surface area (Å²) in [5, 5.41) is 27.0. The van der Waals surface area contributed by atoms with Crippen molar-refractivity contribution in [3.05, 3.63) is 41.4 Å². The Hall–Kier alpha value is -2.37. The molecule has 1 radical (unpaired) electrons. The average molecular weight is 379 g/mol. The van der Waals surface area contributed by atoms with Gasteiger partial charge in [-0.1, -0.05) is 31.6 Å². The lowest BCUT2D eigenvalue weighted by atomic mass is 9.75. The van der Waals surface area contributed by atoms with Crippen LogP contribution >= 0.6 is 0 Å². The fraction of sp³-hybridized carbons (Fsp3) is 0.524. The molecule has 0 rings (SSSR count). The van der Waals surface area contributed by atoms with Crippen molar-refractivity contribution in [2.75, 3.05) is 0 Å². The van der Waals surface area contributed by atoms with Crippen molar-refractivity contribution in [1.82, 2.24) is 0 Å². The van der Waals surface area contributed by atoms with Gasteiger partial charge in [-0.3, -0.25) is 0 Å². The molecule has 151 valence electrons. The van der Waals surface area contributed by atoms with Crippen LogP contribution in [-0.4, -0.2) is 33.2 Å². The van der Waals surface area contributed by atoms with Crippen molar-refractivity contribution < 1.29 is 29.7 Å². The molecule has 0 saturated heterocycles. The Morgan fingerprint density at radius 3 is 1.67 bits per heavy atom. The largest absolute Gasteiger partial charge is 0.478 e. The molecule has 0 aliphatic rings. The maximum Gasteiger partial charge on any atom is 0.330 e. The Morgan fingerprint density at radius 2 is 1.22 bits per heavy atom. The quantitative estimate of drug-likeness (QED) is 0.318. The third kappa shape index (κ3) is 9.78. The molecule has 0 aromatic heterocycles. The summed E-state index contributed by atoms with van der Waals surface area (Å²) in [6, 6.07) is 0. The van der Waals surface area contributed by atoms with E-state index in [9.17, 15) is 19.5 Å². The van der Waals surface area contributed by atoms with Crippen LogP contribution in [0.15, 0.2) is 34.9 Å². The molecule has 6 nitrogen and oxygen atoms in total. The lowest BCUT2D eigenvalue weighted by Crippen LogP contribution is -2.19. The van der Waals surface area contributed by atoms with Gasteiger partial charge in [-0.05, 0) is 64.7 Å². The zero-order chi connectivity index (χ0) is 21.0. The van der Waals surface area contributed by atoms with E-state index in [1.165, 1.54) is 6.92 Å². The summed E-state index contributed by atoms with van der Waals surface area (Å²) in [5.74, 6) is -2.86. The number of carbonyl (C=O) groups is 3. The number of hydrogen-bond donors (Lipinski definition) is 3. The molecular formula is C21H31O6.